The molecule has 1 amide bonds. The lowest BCUT2D eigenvalue weighted by atomic mass is 9.93. The largest absolute Gasteiger partial charge is 0.348 e. The van der Waals surface area contributed by atoms with Crippen molar-refractivity contribution in [1.29, 1.82) is 0 Å². The zero-order valence-electron chi connectivity index (χ0n) is 15.0. The molecule has 0 saturated carbocycles. The predicted octanol–water partition coefficient (Wildman–Crippen LogP) is 3.39. The highest BCUT2D eigenvalue weighted by atomic mass is 16.1. The van der Waals surface area contributed by atoms with E-state index >= 15 is 0 Å². The highest BCUT2D eigenvalue weighted by Gasteiger charge is 2.20. The Morgan fingerprint density at radius 2 is 2.36 bits per heavy atom. The number of carbonyl (C=O) groups is 1. The summed E-state index contributed by atoms with van der Waals surface area (Å²) in [5.74, 6) is 0.821. The number of hydrogen-bond donors (Lipinski definition) is 2. The van der Waals surface area contributed by atoms with E-state index in [0.29, 0.717) is 6.42 Å². The van der Waals surface area contributed by atoms with Crippen LogP contribution in [0.5, 0.6) is 0 Å². The number of aromatic nitrogens is 2. The maximum absolute atomic E-state index is 12.2. The van der Waals surface area contributed by atoms with Crippen LogP contribution in [0.3, 0.4) is 0 Å². The average molecular weight is 340 g/mol. The minimum atomic E-state index is 0.102. The first kappa shape index (κ1) is 17.7. The van der Waals surface area contributed by atoms with Gasteiger partial charge in [-0.1, -0.05) is 12.1 Å². The third-order valence-electron chi connectivity index (χ3n) is 4.94. The van der Waals surface area contributed by atoms with Gasteiger partial charge in [0.2, 0.25) is 5.91 Å². The second kappa shape index (κ2) is 8.81. The lowest BCUT2D eigenvalue weighted by Gasteiger charge is -2.32. The third kappa shape index (κ3) is 5.71. The van der Waals surface area contributed by atoms with Crippen LogP contribution in [0, 0.1) is 12.8 Å². The molecule has 0 aliphatic carbocycles. The number of rotatable bonds is 7. The number of likely N-dealkylation sites (tertiary alicyclic amines) is 1. The van der Waals surface area contributed by atoms with Gasteiger partial charge < -0.3 is 15.2 Å². The summed E-state index contributed by atoms with van der Waals surface area (Å²) in [5, 5.41) is 3.00. The number of benzene rings is 1. The smallest absolute Gasteiger partial charge is 0.225 e. The lowest BCUT2D eigenvalue weighted by molar-refractivity contribution is -0.116. The second-order valence-electron chi connectivity index (χ2n) is 7.09. The molecular formula is C20H28N4O. The van der Waals surface area contributed by atoms with Crippen LogP contribution in [0.1, 0.15) is 36.9 Å². The Balaban J connectivity index is 1.39. The standard InChI is InChI=1S/C20H28N4O/c1-16-4-2-6-18(12-16)23-20(25)9-11-24-10-3-5-17(14-24)7-8-19-13-21-15-22-19/h2,4,6,12-13,15,17H,3,5,7-11,14H2,1H3,(H,21,22)(H,23,25). The van der Waals surface area contributed by atoms with Gasteiger partial charge in [-0.05, 0) is 62.8 Å². The highest BCUT2D eigenvalue weighted by Crippen LogP contribution is 2.21. The van der Waals surface area contributed by atoms with Crippen molar-refractivity contribution in [2.75, 3.05) is 25.0 Å². The fourth-order valence-electron chi connectivity index (χ4n) is 3.58. The SMILES string of the molecule is Cc1cccc(NC(=O)CCN2CCCC(CCc3cnc[nH]3)C2)c1. The molecule has 3 rings (SSSR count). The Morgan fingerprint density at radius 1 is 1.44 bits per heavy atom. The van der Waals surface area contributed by atoms with E-state index in [-0.39, 0.29) is 5.91 Å². The summed E-state index contributed by atoms with van der Waals surface area (Å²) in [6.07, 6.45) is 8.99. The summed E-state index contributed by atoms with van der Waals surface area (Å²) in [6, 6.07) is 7.95. The first-order valence-corrected chi connectivity index (χ1v) is 9.25. The Labute approximate surface area is 149 Å². The van der Waals surface area contributed by atoms with Gasteiger partial charge in [0, 0.05) is 37.1 Å². The first-order chi connectivity index (χ1) is 12.2. The Morgan fingerprint density at radius 3 is 3.16 bits per heavy atom. The van der Waals surface area contributed by atoms with Crippen molar-refractivity contribution in [3.05, 3.63) is 48.0 Å². The van der Waals surface area contributed by atoms with E-state index in [1.54, 1.807) is 6.33 Å². The van der Waals surface area contributed by atoms with E-state index in [0.717, 1.165) is 43.2 Å². The molecule has 1 aliphatic rings. The van der Waals surface area contributed by atoms with Crippen molar-refractivity contribution >= 4 is 11.6 Å². The molecule has 1 atom stereocenters. The van der Waals surface area contributed by atoms with Gasteiger partial charge in [0.1, 0.15) is 0 Å². The lowest BCUT2D eigenvalue weighted by Crippen LogP contribution is -2.37. The molecule has 2 N–H and O–H groups in total. The normalized spacial score (nSPS) is 18.2. The summed E-state index contributed by atoms with van der Waals surface area (Å²) in [5.41, 5.74) is 3.27. The monoisotopic (exact) mass is 340 g/mol. The van der Waals surface area contributed by atoms with Gasteiger partial charge in [0.25, 0.3) is 0 Å². The number of piperidine rings is 1. The summed E-state index contributed by atoms with van der Waals surface area (Å²) < 4.78 is 0. The van der Waals surface area contributed by atoms with Crippen LogP contribution < -0.4 is 5.32 Å². The molecule has 2 heterocycles. The molecule has 1 aromatic heterocycles. The van der Waals surface area contributed by atoms with Crippen molar-refractivity contribution in [2.24, 2.45) is 5.92 Å². The van der Waals surface area contributed by atoms with E-state index < -0.39 is 0 Å². The van der Waals surface area contributed by atoms with Crippen molar-refractivity contribution in [3.8, 4) is 0 Å². The molecule has 25 heavy (non-hydrogen) atoms. The Kier molecular flexibility index (Phi) is 6.23. The first-order valence-electron chi connectivity index (χ1n) is 9.25. The van der Waals surface area contributed by atoms with E-state index in [2.05, 4.69) is 20.2 Å². The molecule has 1 fully saturated rings. The quantitative estimate of drug-likeness (QED) is 0.812. The van der Waals surface area contributed by atoms with Gasteiger partial charge in [0.15, 0.2) is 0 Å². The Bertz CT molecular complexity index is 668. The maximum Gasteiger partial charge on any atom is 0.225 e. The number of hydrogen-bond acceptors (Lipinski definition) is 3. The molecule has 2 aromatic rings. The fraction of sp³-hybridized carbons (Fsp3) is 0.500. The van der Waals surface area contributed by atoms with Gasteiger partial charge in [-0.15, -0.1) is 0 Å². The van der Waals surface area contributed by atoms with Crippen LogP contribution >= 0.6 is 0 Å². The number of amides is 1. The number of nitrogens with zero attached hydrogens (tertiary/aromatic N) is 2. The van der Waals surface area contributed by atoms with Crippen molar-refractivity contribution in [1.82, 2.24) is 14.9 Å². The molecule has 1 saturated heterocycles. The van der Waals surface area contributed by atoms with E-state index in [9.17, 15) is 4.79 Å². The van der Waals surface area contributed by atoms with Gasteiger partial charge in [0.05, 0.1) is 6.33 Å². The minimum absolute atomic E-state index is 0.102. The molecule has 5 nitrogen and oxygen atoms in total. The maximum atomic E-state index is 12.2. The average Bonchev–Trinajstić information content (AvgIpc) is 3.12. The molecule has 134 valence electrons. The zero-order valence-corrected chi connectivity index (χ0v) is 15.0. The predicted molar refractivity (Wildman–Crippen MR) is 100 cm³/mol. The molecule has 0 spiro atoms. The topological polar surface area (TPSA) is 61.0 Å². The van der Waals surface area contributed by atoms with Crippen molar-refractivity contribution < 1.29 is 4.79 Å². The van der Waals surface area contributed by atoms with Gasteiger partial charge in [-0.2, -0.15) is 0 Å². The number of imidazole rings is 1. The Hall–Kier alpha value is -2.14. The van der Waals surface area contributed by atoms with Crippen LogP contribution in [-0.2, 0) is 11.2 Å². The number of aryl methyl sites for hydroxylation is 2. The molecule has 0 radical (unpaired) electrons. The molecule has 5 heteroatoms. The van der Waals surface area contributed by atoms with Gasteiger partial charge >= 0.3 is 0 Å². The number of carbonyl (C=O) groups excluding carboxylic acids is 1. The number of anilines is 1. The van der Waals surface area contributed by atoms with Gasteiger partial charge in [-0.25, -0.2) is 4.98 Å². The highest BCUT2D eigenvalue weighted by molar-refractivity contribution is 5.90. The van der Waals surface area contributed by atoms with E-state index in [1.807, 2.05) is 37.4 Å². The van der Waals surface area contributed by atoms with Crippen LogP contribution in [0.25, 0.3) is 0 Å². The van der Waals surface area contributed by atoms with Crippen LogP contribution in [-0.4, -0.2) is 40.4 Å². The molecule has 1 aromatic carbocycles. The number of aromatic amines is 1. The minimum Gasteiger partial charge on any atom is -0.348 e. The number of nitrogens with one attached hydrogen (secondary N) is 2. The van der Waals surface area contributed by atoms with E-state index in [4.69, 9.17) is 0 Å². The zero-order chi connectivity index (χ0) is 17.5. The molecule has 1 unspecified atom stereocenters. The summed E-state index contributed by atoms with van der Waals surface area (Å²) >= 11 is 0. The summed E-state index contributed by atoms with van der Waals surface area (Å²) in [6.45, 7) is 5.09. The van der Waals surface area contributed by atoms with Crippen LogP contribution in [0.15, 0.2) is 36.8 Å². The molecular weight excluding hydrogens is 312 g/mol. The summed E-state index contributed by atoms with van der Waals surface area (Å²) in [7, 11) is 0. The molecule has 1 aliphatic heterocycles. The third-order valence-corrected chi connectivity index (χ3v) is 4.94. The fourth-order valence-corrected chi connectivity index (χ4v) is 3.58. The molecule has 0 bridgehead atoms. The van der Waals surface area contributed by atoms with E-state index in [1.165, 1.54) is 25.0 Å². The van der Waals surface area contributed by atoms with Crippen molar-refractivity contribution in [2.45, 2.75) is 39.0 Å². The van der Waals surface area contributed by atoms with Crippen LogP contribution in [0.2, 0.25) is 0 Å². The van der Waals surface area contributed by atoms with Crippen molar-refractivity contribution in [3.63, 3.8) is 0 Å². The number of H-pyrrole nitrogens is 1. The van der Waals surface area contributed by atoms with Crippen LogP contribution in [0.4, 0.5) is 5.69 Å². The van der Waals surface area contributed by atoms with Gasteiger partial charge in [-0.3, -0.25) is 4.79 Å². The summed E-state index contributed by atoms with van der Waals surface area (Å²) in [4.78, 5) is 21.9. The second-order valence-corrected chi connectivity index (χ2v) is 7.09.